The van der Waals surface area contributed by atoms with Crippen LogP contribution in [0.25, 0.3) is 10.9 Å². The summed E-state index contributed by atoms with van der Waals surface area (Å²) in [6.45, 7) is 1.90. The predicted molar refractivity (Wildman–Crippen MR) is 87.9 cm³/mol. The first-order chi connectivity index (χ1) is 10.1. The molecule has 106 valence electrons. The van der Waals surface area contributed by atoms with Gasteiger partial charge in [-0.3, -0.25) is 9.89 Å². The Balaban J connectivity index is 1.95. The first-order valence-electron chi connectivity index (χ1n) is 6.26. The SMILES string of the molecule is Cc1cc(Br)c(NC(=O)c2n[nH]c3ccccc23)cc1Cl. The smallest absolute Gasteiger partial charge is 0.276 e. The Morgan fingerprint density at radius 1 is 1.33 bits per heavy atom. The van der Waals surface area contributed by atoms with E-state index in [-0.39, 0.29) is 5.91 Å². The molecule has 1 aromatic heterocycles. The molecule has 2 N–H and O–H groups in total. The molecule has 0 aliphatic heterocycles. The summed E-state index contributed by atoms with van der Waals surface area (Å²) >= 11 is 9.52. The van der Waals surface area contributed by atoms with Crippen LogP contribution < -0.4 is 5.32 Å². The summed E-state index contributed by atoms with van der Waals surface area (Å²) in [6, 6.07) is 11.1. The van der Waals surface area contributed by atoms with Crippen molar-refractivity contribution in [3.8, 4) is 0 Å². The van der Waals surface area contributed by atoms with Crippen molar-refractivity contribution in [3.63, 3.8) is 0 Å². The van der Waals surface area contributed by atoms with Crippen molar-refractivity contribution in [2.24, 2.45) is 0 Å². The van der Waals surface area contributed by atoms with Crippen molar-refractivity contribution in [1.82, 2.24) is 10.2 Å². The minimum absolute atomic E-state index is 0.284. The van der Waals surface area contributed by atoms with E-state index in [1.165, 1.54) is 0 Å². The fraction of sp³-hybridized carbons (Fsp3) is 0.0667. The largest absolute Gasteiger partial charge is 0.319 e. The number of carbonyl (C=O) groups excluding carboxylic acids is 1. The molecule has 0 fully saturated rings. The predicted octanol–water partition coefficient (Wildman–Crippen LogP) is 4.54. The lowest BCUT2D eigenvalue weighted by atomic mass is 10.2. The zero-order valence-electron chi connectivity index (χ0n) is 11.1. The molecule has 21 heavy (non-hydrogen) atoms. The monoisotopic (exact) mass is 363 g/mol. The Morgan fingerprint density at radius 2 is 2.10 bits per heavy atom. The second kappa shape index (κ2) is 5.50. The second-order valence-corrected chi connectivity index (χ2v) is 5.91. The fourth-order valence-electron chi connectivity index (χ4n) is 2.06. The molecule has 1 amide bonds. The van der Waals surface area contributed by atoms with E-state index in [0.29, 0.717) is 16.4 Å². The number of rotatable bonds is 2. The molecule has 0 bridgehead atoms. The van der Waals surface area contributed by atoms with Crippen LogP contribution >= 0.6 is 27.5 Å². The van der Waals surface area contributed by atoms with Gasteiger partial charge in [0.15, 0.2) is 5.69 Å². The normalized spacial score (nSPS) is 10.8. The van der Waals surface area contributed by atoms with E-state index in [1.54, 1.807) is 6.07 Å². The van der Waals surface area contributed by atoms with E-state index in [0.717, 1.165) is 20.9 Å². The summed E-state index contributed by atoms with van der Waals surface area (Å²) in [6.07, 6.45) is 0. The van der Waals surface area contributed by atoms with Crippen LogP contribution in [0.1, 0.15) is 16.1 Å². The molecule has 0 unspecified atom stereocenters. The molecule has 0 aliphatic carbocycles. The number of aromatic nitrogens is 2. The molecule has 0 radical (unpaired) electrons. The van der Waals surface area contributed by atoms with Crippen LogP contribution in [0.2, 0.25) is 5.02 Å². The maximum Gasteiger partial charge on any atom is 0.276 e. The lowest BCUT2D eigenvalue weighted by Gasteiger charge is -2.08. The summed E-state index contributed by atoms with van der Waals surface area (Å²) in [5, 5.41) is 11.1. The number of H-pyrrole nitrogens is 1. The Morgan fingerprint density at radius 3 is 2.90 bits per heavy atom. The second-order valence-electron chi connectivity index (χ2n) is 4.65. The van der Waals surface area contributed by atoms with Crippen molar-refractivity contribution < 1.29 is 4.79 Å². The summed E-state index contributed by atoms with van der Waals surface area (Å²) in [5.74, 6) is -0.284. The van der Waals surface area contributed by atoms with Gasteiger partial charge in [-0.05, 0) is 46.6 Å². The summed E-state index contributed by atoms with van der Waals surface area (Å²) < 4.78 is 0.776. The average molecular weight is 365 g/mol. The summed E-state index contributed by atoms with van der Waals surface area (Å²) in [4.78, 5) is 12.4. The van der Waals surface area contributed by atoms with Crippen LogP contribution in [0.3, 0.4) is 0 Å². The minimum Gasteiger partial charge on any atom is -0.319 e. The van der Waals surface area contributed by atoms with Gasteiger partial charge >= 0.3 is 0 Å². The number of amides is 1. The average Bonchev–Trinajstić information content (AvgIpc) is 2.88. The third kappa shape index (κ3) is 2.66. The number of aryl methyl sites for hydroxylation is 1. The zero-order chi connectivity index (χ0) is 15.0. The molecular formula is C15H11BrClN3O. The quantitative estimate of drug-likeness (QED) is 0.701. The number of aromatic amines is 1. The topological polar surface area (TPSA) is 57.8 Å². The number of carbonyl (C=O) groups is 1. The molecule has 4 nitrogen and oxygen atoms in total. The van der Waals surface area contributed by atoms with E-state index in [2.05, 4.69) is 31.4 Å². The first-order valence-corrected chi connectivity index (χ1v) is 7.43. The highest BCUT2D eigenvalue weighted by molar-refractivity contribution is 9.10. The molecule has 0 atom stereocenters. The summed E-state index contributed by atoms with van der Waals surface area (Å²) in [7, 11) is 0. The Hall–Kier alpha value is -1.85. The van der Waals surface area contributed by atoms with Crippen molar-refractivity contribution >= 4 is 50.0 Å². The number of benzene rings is 2. The third-order valence-corrected chi connectivity index (χ3v) is 4.25. The van der Waals surface area contributed by atoms with Crippen LogP contribution in [-0.2, 0) is 0 Å². The number of nitrogens with zero attached hydrogens (tertiary/aromatic N) is 1. The van der Waals surface area contributed by atoms with Gasteiger partial charge in [0, 0.05) is 14.9 Å². The van der Waals surface area contributed by atoms with Gasteiger partial charge in [0.25, 0.3) is 5.91 Å². The number of fused-ring (bicyclic) bond motifs is 1. The van der Waals surface area contributed by atoms with Crippen molar-refractivity contribution in [2.45, 2.75) is 6.92 Å². The molecule has 2 aromatic carbocycles. The van der Waals surface area contributed by atoms with E-state index in [4.69, 9.17) is 11.6 Å². The molecule has 6 heteroatoms. The maximum atomic E-state index is 12.4. The number of anilines is 1. The van der Waals surface area contributed by atoms with Gasteiger partial charge in [0.1, 0.15) is 0 Å². The van der Waals surface area contributed by atoms with Crippen molar-refractivity contribution in [1.29, 1.82) is 0 Å². The lowest BCUT2D eigenvalue weighted by Crippen LogP contribution is -2.13. The van der Waals surface area contributed by atoms with E-state index in [1.807, 2.05) is 37.3 Å². The molecule has 0 saturated carbocycles. The molecule has 1 heterocycles. The molecule has 3 rings (SSSR count). The fourth-order valence-corrected chi connectivity index (χ4v) is 2.78. The molecule has 3 aromatic rings. The van der Waals surface area contributed by atoms with E-state index >= 15 is 0 Å². The van der Waals surface area contributed by atoms with E-state index in [9.17, 15) is 4.79 Å². The molecule has 0 saturated heterocycles. The highest BCUT2D eigenvalue weighted by Crippen LogP contribution is 2.29. The van der Waals surface area contributed by atoms with Gasteiger partial charge in [0.05, 0.1) is 11.2 Å². The Bertz CT molecular complexity index is 844. The number of hydrogen-bond acceptors (Lipinski definition) is 2. The van der Waals surface area contributed by atoms with Crippen LogP contribution in [0.15, 0.2) is 40.9 Å². The van der Waals surface area contributed by atoms with Gasteiger partial charge in [-0.1, -0.05) is 29.8 Å². The molecule has 0 spiro atoms. The third-order valence-electron chi connectivity index (χ3n) is 3.18. The highest BCUT2D eigenvalue weighted by Gasteiger charge is 2.15. The number of hydrogen-bond donors (Lipinski definition) is 2. The highest BCUT2D eigenvalue weighted by atomic mass is 79.9. The van der Waals surface area contributed by atoms with Crippen molar-refractivity contribution in [2.75, 3.05) is 5.32 Å². The van der Waals surface area contributed by atoms with Crippen LogP contribution in [-0.4, -0.2) is 16.1 Å². The first kappa shape index (κ1) is 14.1. The number of halogens is 2. The number of para-hydroxylation sites is 1. The number of nitrogens with one attached hydrogen (secondary N) is 2. The Kier molecular flexibility index (Phi) is 3.69. The zero-order valence-corrected chi connectivity index (χ0v) is 13.4. The van der Waals surface area contributed by atoms with Crippen LogP contribution in [0, 0.1) is 6.92 Å². The Labute approximate surface area is 134 Å². The summed E-state index contributed by atoms with van der Waals surface area (Å²) in [5.41, 5.74) is 2.73. The van der Waals surface area contributed by atoms with Gasteiger partial charge in [-0.15, -0.1) is 0 Å². The van der Waals surface area contributed by atoms with Gasteiger partial charge in [-0.25, -0.2) is 0 Å². The van der Waals surface area contributed by atoms with Crippen molar-refractivity contribution in [3.05, 3.63) is 57.2 Å². The van der Waals surface area contributed by atoms with E-state index < -0.39 is 0 Å². The standard InChI is InChI=1S/C15H11BrClN3O/c1-8-6-10(16)13(7-11(8)17)18-15(21)14-9-4-2-3-5-12(9)19-20-14/h2-7H,1H3,(H,18,21)(H,19,20). The van der Waals surface area contributed by atoms with Gasteiger partial charge in [-0.2, -0.15) is 5.10 Å². The maximum absolute atomic E-state index is 12.4. The molecular weight excluding hydrogens is 354 g/mol. The minimum atomic E-state index is -0.284. The van der Waals surface area contributed by atoms with Crippen LogP contribution in [0.4, 0.5) is 5.69 Å². The molecule has 0 aliphatic rings. The van der Waals surface area contributed by atoms with Gasteiger partial charge < -0.3 is 5.32 Å². The van der Waals surface area contributed by atoms with Crippen LogP contribution in [0.5, 0.6) is 0 Å². The lowest BCUT2D eigenvalue weighted by molar-refractivity contribution is 0.102. The van der Waals surface area contributed by atoms with Gasteiger partial charge in [0.2, 0.25) is 0 Å².